The molecule has 0 aliphatic carbocycles. The van der Waals surface area contributed by atoms with Crippen molar-refractivity contribution >= 4 is 23.5 Å². The van der Waals surface area contributed by atoms with E-state index in [1.165, 1.54) is 25.0 Å². The van der Waals surface area contributed by atoms with Gasteiger partial charge in [-0.05, 0) is 36.4 Å². The number of rotatable bonds is 7. The van der Waals surface area contributed by atoms with Crippen molar-refractivity contribution in [3.8, 4) is 22.7 Å². The van der Waals surface area contributed by atoms with E-state index in [1.807, 2.05) is 6.07 Å². The number of ether oxygens (including phenoxy) is 3. The Bertz CT molecular complexity index is 1390. The molecule has 0 N–H and O–H groups in total. The zero-order chi connectivity index (χ0) is 24.9. The molecule has 4 rings (SSSR count). The highest BCUT2D eigenvalue weighted by Gasteiger charge is 2.31. The number of carbonyl (C=O) groups excluding carboxylic acids is 2. The molecule has 0 amide bonds. The molecule has 0 aliphatic rings. The lowest BCUT2D eigenvalue weighted by atomic mass is 10.1. The second-order valence-corrected chi connectivity index (χ2v) is 7.79. The van der Waals surface area contributed by atoms with Crippen molar-refractivity contribution in [2.45, 2.75) is 6.61 Å². The van der Waals surface area contributed by atoms with Gasteiger partial charge in [-0.2, -0.15) is 5.10 Å². The van der Waals surface area contributed by atoms with Gasteiger partial charge in [-0.3, -0.25) is 0 Å². The third kappa shape index (κ3) is 5.02. The smallest absolute Gasteiger partial charge is 0.357 e. The Morgan fingerprint density at radius 3 is 2.37 bits per heavy atom. The highest BCUT2D eigenvalue weighted by Crippen LogP contribution is 2.31. The van der Waals surface area contributed by atoms with Gasteiger partial charge in [0.1, 0.15) is 29.4 Å². The minimum Gasteiger partial charge on any atom is -0.489 e. The van der Waals surface area contributed by atoms with Crippen LogP contribution >= 0.6 is 11.6 Å². The van der Waals surface area contributed by atoms with Crippen LogP contribution in [0.2, 0.25) is 5.02 Å². The zero-order valence-corrected chi connectivity index (χ0v) is 19.6. The topological polar surface area (TPSA) is 79.7 Å². The summed E-state index contributed by atoms with van der Waals surface area (Å²) in [6, 6.07) is 19.9. The van der Waals surface area contributed by atoms with Gasteiger partial charge < -0.3 is 14.2 Å². The molecule has 0 bridgehead atoms. The van der Waals surface area contributed by atoms with E-state index in [0.29, 0.717) is 27.6 Å². The fraction of sp³-hybridized carbons (Fsp3) is 0.115. The van der Waals surface area contributed by atoms with Crippen LogP contribution in [-0.4, -0.2) is 35.9 Å². The van der Waals surface area contributed by atoms with Crippen LogP contribution in [0, 0.1) is 5.82 Å². The molecule has 0 spiro atoms. The van der Waals surface area contributed by atoms with E-state index < -0.39 is 17.8 Å². The van der Waals surface area contributed by atoms with Gasteiger partial charge in [0, 0.05) is 16.1 Å². The van der Waals surface area contributed by atoms with Crippen LogP contribution < -0.4 is 4.74 Å². The maximum Gasteiger partial charge on any atom is 0.357 e. The van der Waals surface area contributed by atoms with Crippen LogP contribution in [0.15, 0.2) is 72.8 Å². The van der Waals surface area contributed by atoms with Crippen LogP contribution in [0.1, 0.15) is 26.4 Å². The Morgan fingerprint density at radius 2 is 1.69 bits per heavy atom. The van der Waals surface area contributed by atoms with Crippen molar-refractivity contribution in [1.82, 2.24) is 9.78 Å². The van der Waals surface area contributed by atoms with Gasteiger partial charge in [0.25, 0.3) is 0 Å². The number of para-hydroxylation sites is 1. The molecule has 7 nitrogen and oxygen atoms in total. The number of benzene rings is 3. The first-order valence-electron chi connectivity index (χ1n) is 10.4. The Balaban J connectivity index is 1.78. The summed E-state index contributed by atoms with van der Waals surface area (Å²) in [6.07, 6.45) is 0. The molecular formula is C26H20ClFN2O5. The van der Waals surface area contributed by atoms with E-state index >= 15 is 0 Å². The summed E-state index contributed by atoms with van der Waals surface area (Å²) in [4.78, 5) is 25.5. The predicted octanol–water partition coefficient (Wildman–Crippen LogP) is 5.48. The first-order valence-corrected chi connectivity index (χ1v) is 10.8. The van der Waals surface area contributed by atoms with Gasteiger partial charge >= 0.3 is 11.9 Å². The first kappa shape index (κ1) is 24.0. The molecule has 178 valence electrons. The minimum atomic E-state index is -0.753. The summed E-state index contributed by atoms with van der Waals surface area (Å²) >= 11 is 5.81. The molecule has 1 aromatic heterocycles. The first-order chi connectivity index (χ1) is 16.9. The van der Waals surface area contributed by atoms with Crippen LogP contribution in [0.4, 0.5) is 4.39 Å². The fourth-order valence-electron chi connectivity index (χ4n) is 3.49. The van der Waals surface area contributed by atoms with Crippen molar-refractivity contribution in [3.63, 3.8) is 0 Å². The number of methoxy groups -OCH3 is 2. The van der Waals surface area contributed by atoms with Gasteiger partial charge in [-0.15, -0.1) is 0 Å². The summed E-state index contributed by atoms with van der Waals surface area (Å²) in [7, 11) is 2.43. The Kier molecular flexibility index (Phi) is 7.12. The van der Waals surface area contributed by atoms with E-state index in [-0.39, 0.29) is 23.6 Å². The molecule has 35 heavy (non-hydrogen) atoms. The van der Waals surface area contributed by atoms with E-state index in [1.54, 1.807) is 60.7 Å². The number of halogens is 2. The molecule has 4 aromatic rings. The summed E-state index contributed by atoms with van der Waals surface area (Å²) in [5.74, 6) is -1.58. The molecule has 3 aromatic carbocycles. The monoisotopic (exact) mass is 494 g/mol. The van der Waals surface area contributed by atoms with Crippen molar-refractivity contribution < 1.29 is 28.2 Å². The molecule has 1 heterocycles. The van der Waals surface area contributed by atoms with Gasteiger partial charge in [0.15, 0.2) is 5.69 Å². The van der Waals surface area contributed by atoms with Crippen LogP contribution in [0.5, 0.6) is 5.75 Å². The average molecular weight is 495 g/mol. The normalized spacial score (nSPS) is 10.6. The van der Waals surface area contributed by atoms with Gasteiger partial charge in [-0.1, -0.05) is 48.0 Å². The number of hydrogen-bond donors (Lipinski definition) is 0. The standard InChI is InChI=1S/C26H20ClFN2O5/c1-33-25(31)22-23(29-30(24(22)26(32)34-2)19-8-4-3-5-9-19)16-7-6-10-20(13-16)35-15-17-11-12-18(27)14-21(17)28/h3-14H,15H2,1-2H3. The average Bonchev–Trinajstić information content (AvgIpc) is 3.29. The number of carbonyl (C=O) groups is 2. The highest BCUT2D eigenvalue weighted by molar-refractivity contribution is 6.30. The molecule has 0 fully saturated rings. The van der Waals surface area contributed by atoms with Crippen LogP contribution in [-0.2, 0) is 16.1 Å². The van der Waals surface area contributed by atoms with Gasteiger partial charge in [0.05, 0.1) is 19.9 Å². The Hall–Kier alpha value is -4.17. The molecule has 0 aliphatic heterocycles. The molecule has 0 atom stereocenters. The lowest BCUT2D eigenvalue weighted by Crippen LogP contribution is -2.15. The summed E-state index contributed by atoms with van der Waals surface area (Å²) in [5, 5.41) is 4.85. The molecule has 0 radical (unpaired) electrons. The van der Waals surface area contributed by atoms with Crippen molar-refractivity contribution in [2.75, 3.05) is 14.2 Å². The Labute approximate surface area is 205 Å². The van der Waals surface area contributed by atoms with Crippen LogP contribution in [0.3, 0.4) is 0 Å². The third-order valence-corrected chi connectivity index (χ3v) is 5.41. The largest absolute Gasteiger partial charge is 0.489 e. The maximum absolute atomic E-state index is 14.1. The second kappa shape index (κ2) is 10.4. The summed E-state index contributed by atoms with van der Waals surface area (Å²) in [6.45, 7) is -0.0395. The number of esters is 2. The van der Waals surface area contributed by atoms with E-state index in [9.17, 15) is 14.0 Å². The zero-order valence-electron chi connectivity index (χ0n) is 18.8. The quantitative estimate of drug-likeness (QED) is 0.316. The van der Waals surface area contributed by atoms with E-state index in [4.69, 9.17) is 25.8 Å². The van der Waals surface area contributed by atoms with Gasteiger partial charge in [-0.25, -0.2) is 18.7 Å². The fourth-order valence-corrected chi connectivity index (χ4v) is 3.65. The van der Waals surface area contributed by atoms with Crippen LogP contribution in [0.25, 0.3) is 16.9 Å². The van der Waals surface area contributed by atoms with E-state index in [0.717, 1.165) is 0 Å². The SMILES string of the molecule is COC(=O)c1c(-c2cccc(OCc3ccc(Cl)cc3F)c2)nn(-c2ccccc2)c1C(=O)OC. The second-order valence-electron chi connectivity index (χ2n) is 7.35. The minimum absolute atomic E-state index is 0.0395. The molecular weight excluding hydrogens is 475 g/mol. The molecule has 0 saturated heterocycles. The lowest BCUT2D eigenvalue weighted by molar-refractivity contribution is 0.0549. The van der Waals surface area contributed by atoms with Gasteiger partial charge in [0.2, 0.25) is 0 Å². The maximum atomic E-state index is 14.1. The van der Waals surface area contributed by atoms with Crippen molar-refractivity contribution in [3.05, 3.63) is 100 Å². The van der Waals surface area contributed by atoms with E-state index in [2.05, 4.69) is 5.10 Å². The number of hydrogen-bond acceptors (Lipinski definition) is 6. The molecule has 0 unspecified atom stereocenters. The van der Waals surface area contributed by atoms with Crippen molar-refractivity contribution in [2.24, 2.45) is 0 Å². The number of aromatic nitrogens is 2. The highest BCUT2D eigenvalue weighted by atomic mass is 35.5. The predicted molar refractivity (Wildman–Crippen MR) is 127 cm³/mol. The molecule has 0 saturated carbocycles. The Morgan fingerprint density at radius 1 is 0.943 bits per heavy atom. The third-order valence-electron chi connectivity index (χ3n) is 5.17. The van der Waals surface area contributed by atoms with Crippen molar-refractivity contribution in [1.29, 1.82) is 0 Å². The lowest BCUT2D eigenvalue weighted by Gasteiger charge is -2.09. The summed E-state index contributed by atoms with van der Waals surface area (Å²) in [5.41, 5.74) is 1.44. The number of nitrogens with zero attached hydrogens (tertiary/aromatic N) is 2. The molecule has 9 heteroatoms. The summed E-state index contributed by atoms with van der Waals surface area (Å²) < 4.78 is 31.1.